The fraction of sp³-hybridized carbons (Fsp3) is 0.294. The predicted molar refractivity (Wildman–Crippen MR) is 78.7 cm³/mol. The van der Waals surface area contributed by atoms with E-state index in [9.17, 15) is 10.2 Å². The van der Waals surface area contributed by atoms with Gasteiger partial charge in [-0.3, -0.25) is 0 Å². The highest BCUT2D eigenvalue weighted by Gasteiger charge is 2.12. The molecule has 2 N–H and O–H groups in total. The third-order valence-corrected chi connectivity index (χ3v) is 3.20. The van der Waals surface area contributed by atoms with Crippen LogP contribution < -0.4 is 4.74 Å². The van der Waals surface area contributed by atoms with Crippen molar-refractivity contribution in [3.63, 3.8) is 0 Å². The van der Waals surface area contributed by atoms with E-state index >= 15 is 0 Å². The Bertz CT molecular complexity index is 549. The SMILES string of the molecule is Cc1ccc([C@H](C)O)c(OCC(O)c2ccccc2)c1. The smallest absolute Gasteiger partial charge is 0.125 e. The minimum atomic E-state index is -0.682. The normalized spacial score (nSPS) is 13.8. The average molecular weight is 272 g/mol. The van der Waals surface area contributed by atoms with E-state index in [4.69, 9.17) is 4.74 Å². The van der Waals surface area contributed by atoms with Crippen molar-refractivity contribution in [3.8, 4) is 5.75 Å². The molecule has 0 amide bonds. The lowest BCUT2D eigenvalue weighted by atomic mass is 10.1. The molecule has 0 saturated heterocycles. The molecule has 3 heteroatoms. The van der Waals surface area contributed by atoms with E-state index in [2.05, 4.69) is 0 Å². The Labute approximate surface area is 119 Å². The number of hydrogen-bond acceptors (Lipinski definition) is 3. The topological polar surface area (TPSA) is 49.7 Å². The Balaban J connectivity index is 2.09. The molecule has 0 heterocycles. The molecule has 0 aliphatic carbocycles. The maximum atomic E-state index is 10.1. The van der Waals surface area contributed by atoms with Gasteiger partial charge in [-0.15, -0.1) is 0 Å². The molecule has 0 fully saturated rings. The molecule has 2 atom stereocenters. The van der Waals surface area contributed by atoms with Gasteiger partial charge in [0.25, 0.3) is 0 Å². The minimum absolute atomic E-state index is 0.160. The van der Waals surface area contributed by atoms with Crippen molar-refractivity contribution in [1.29, 1.82) is 0 Å². The maximum absolute atomic E-state index is 10.1. The first-order valence-electron chi connectivity index (χ1n) is 6.72. The highest BCUT2D eigenvalue weighted by atomic mass is 16.5. The monoisotopic (exact) mass is 272 g/mol. The second-order valence-corrected chi connectivity index (χ2v) is 4.95. The van der Waals surface area contributed by atoms with Crippen LogP contribution in [0.25, 0.3) is 0 Å². The first kappa shape index (κ1) is 14.6. The lowest BCUT2D eigenvalue weighted by Gasteiger charge is -2.17. The van der Waals surface area contributed by atoms with Gasteiger partial charge < -0.3 is 14.9 Å². The molecule has 0 aliphatic rings. The fourth-order valence-corrected chi connectivity index (χ4v) is 2.05. The van der Waals surface area contributed by atoms with Crippen molar-refractivity contribution in [1.82, 2.24) is 0 Å². The van der Waals surface area contributed by atoms with Crippen LogP contribution in [0.3, 0.4) is 0 Å². The first-order chi connectivity index (χ1) is 9.58. The second-order valence-electron chi connectivity index (χ2n) is 4.95. The largest absolute Gasteiger partial charge is 0.490 e. The van der Waals surface area contributed by atoms with Crippen molar-refractivity contribution in [3.05, 3.63) is 65.2 Å². The van der Waals surface area contributed by atoms with Crippen molar-refractivity contribution in [2.24, 2.45) is 0 Å². The molecule has 106 valence electrons. The molecule has 0 saturated carbocycles. The lowest BCUT2D eigenvalue weighted by Crippen LogP contribution is -2.11. The standard InChI is InChI=1S/C17H20O3/c1-12-8-9-15(13(2)18)17(10-12)20-11-16(19)14-6-4-3-5-7-14/h3-10,13,16,18-19H,11H2,1-2H3/t13-,16?/m0/s1. The maximum Gasteiger partial charge on any atom is 0.125 e. The van der Waals surface area contributed by atoms with Crippen LogP contribution in [-0.4, -0.2) is 16.8 Å². The van der Waals surface area contributed by atoms with Gasteiger partial charge >= 0.3 is 0 Å². The van der Waals surface area contributed by atoms with Crippen LogP contribution in [0, 0.1) is 6.92 Å². The zero-order valence-electron chi connectivity index (χ0n) is 11.8. The molecule has 2 rings (SSSR count). The molecule has 20 heavy (non-hydrogen) atoms. The van der Waals surface area contributed by atoms with E-state index in [1.807, 2.05) is 55.5 Å². The van der Waals surface area contributed by atoms with Crippen molar-refractivity contribution in [2.45, 2.75) is 26.1 Å². The van der Waals surface area contributed by atoms with E-state index < -0.39 is 12.2 Å². The fourth-order valence-electron chi connectivity index (χ4n) is 2.05. The van der Waals surface area contributed by atoms with Gasteiger partial charge in [0.15, 0.2) is 0 Å². The van der Waals surface area contributed by atoms with Crippen LogP contribution >= 0.6 is 0 Å². The molecule has 1 unspecified atom stereocenters. The molecular weight excluding hydrogens is 252 g/mol. The zero-order chi connectivity index (χ0) is 14.5. The molecule has 0 spiro atoms. The quantitative estimate of drug-likeness (QED) is 0.879. The van der Waals surface area contributed by atoms with Crippen molar-refractivity contribution >= 4 is 0 Å². The van der Waals surface area contributed by atoms with Crippen LogP contribution in [0.1, 0.15) is 35.8 Å². The average Bonchev–Trinajstić information content (AvgIpc) is 2.45. The third kappa shape index (κ3) is 3.59. The van der Waals surface area contributed by atoms with Crippen LogP contribution in [0.2, 0.25) is 0 Å². The van der Waals surface area contributed by atoms with Gasteiger partial charge in [0.1, 0.15) is 18.5 Å². The lowest BCUT2D eigenvalue weighted by molar-refractivity contribution is 0.104. The number of rotatable bonds is 5. The Morgan fingerprint density at radius 3 is 2.40 bits per heavy atom. The number of aliphatic hydroxyl groups excluding tert-OH is 2. The number of aliphatic hydroxyl groups is 2. The van der Waals surface area contributed by atoms with Crippen molar-refractivity contribution < 1.29 is 14.9 Å². The summed E-state index contributed by atoms with van der Waals surface area (Å²) in [7, 11) is 0. The molecule has 2 aromatic rings. The summed E-state index contributed by atoms with van der Waals surface area (Å²) >= 11 is 0. The first-order valence-corrected chi connectivity index (χ1v) is 6.72. The Hall–Kier alpha value is -1.84. The molecule has 3 nitrogen and oxygen atoms in total. The van der Waals surface area contributed by atoms with Gasteiger partial charge in [-0.1, -0.05) is 42.5 Å². The van der Waals surface area contributed by atoms with Gasteiger partial charge in [0.2, 0.25) is 0 Å². The van der Waals surface area contributed by atoms with E-state index in [0.717, 1.165) is 16.7 Å². The van der Waals surface area contributed by atoms with Gasteiger partial charge in [0, 0.05) is 5.56 Å². The number of hydrogen-bond donors (Lipinski definition) is 2. The summed E-state index contributed by atoms with van der Waals surface area (Å²) in [4.78, 5) is 0. The highest BCUT2D eigenvalue weighted by molar-refractivity contribution is 5.38. The van der Waals surface area contributed by atoms with Crippen LogP contribution in [0.5, 0.6) is 5.75 Å². The summed E-state index contributed by atoms with van der Waals surface area (Å²) in [5.74, 6) is 0.620. The van der Waals surface area contributed by atoms with Gasteiger partial charge in [-0.2, -0.15) is 0 Å². The summed E-state index contributed by atoms with van der Waals surface area (Å²) in [6.45, 7) is 3.82. The molecule has 0 bridgehead atoms. The number of ether oxygens (including phenoxy) is 1. The highest BCUT2D eigenvalue weighted by Crippen LogP contribution is 2.27. The summed E-state index contributed by atoms with van der Waals surface area (Å²) in [5, 5.41) is 19.8. The number of aryl methyl sites for hydroxylation is 1. The summed E-state index contributed by atoms with van der Waals surface area (Å²) in [6.07, 6.45) is -1.28. The predicted octanol–water partition coefficient (Wildman–Crippen LogP) is 3.16. The molecule has 0 aliphatic heterocycles. The summed E-state index contributed by atoms with van der Waals surface area (Å²) in [6, 6.07) is 15.0. The molecular formula is C17H20O3. The molecule has 2 aromatic carbocycles. The second kappa shape index (κ2) is 6.55. The van der Waals surface area contributed by atoms with E-state index in [-0.39, 0.29) is 6.61 Å². The Morgan fingerprint density at radius 1 is 1.05 bits per heavy atom. The summed E-state index contributed by atoms with van der Waals surface area (Å²) in [5.41, 5.74) is 2.60. The van der Waals surface area contributed by atoms with Crippen molar-refractivity contribution in [2.75, 3.05) is 6.61 Å². The van der Waals surface area contributed by atoms with E-state index in [0.29, 0.717) is 5.75 Å². The Morgan fingerprint density at radius 2 is 1.75 bits per heavy atom. The zero-order valence-corrected chi connectivity index (χ0v) is 11.8. The van der Waals surface area contributed by atoms with Gasteiger partial charge in [-0.25, -0.2) is 0 Å². The van der Waals surface area contributed by atoms with Crippen LogP contribution in [0.4, 0.5) is 0 Å². The van der Waals surface area contributed by atoms with E-state index in [1.165, 1.54) is 0 Å². The van der Waals surface area contributed by atoms with E-state index in [1.54, 1.807) is 6.92 Å². The molecule has 0 aromatic heterocycles. The van der Waals surface area contributed by atoms with Crippen LogP contribution in [0.15, 0.2) is 48.5 Å². The minimum Gasteiger partial charge on any atom is -0.490 e. The Kier molecular flexibility index (Phi) is 4.77. The van der Waals surface area contributed by atoms with Gasteiger partial charge in [0.05, 0.1) is 6.10 Å². The molecule has 0 radical (unpaired) electrons. The van der Waals surface area contributed by atoms with Gasteiger partial charge in [-0.05, 0) is 31.0 Å². The summed E-state index contributed by atoms with van der Waals surface area (Å²) < 4.78 is 5.69. The third-order valence-electron chi connectivity index (χ3n) is 3.20. The number of benzene rings is 2. The van der Waals surface area contributed by atoms with Crippen LogP contribution in [-0.2, 0) is 0 Å².